The Morgan fingerprint density at radius 1 is 0.938 bits per heavy atom. The summed E-state index contributed by atoms with van der Waals surface area (Å²) in [7, 11) is -4.40. The van der Waals surface area contributed by atoms with Crippen molar-refractivity contribution in [1.82, 2.24) is 10.5 Å². The van der Waals surface area contributed by atoms with Crippen molar-refractivity contribution in [1.29, 1.82) is 0 Å². The number of carbonyl (C=O) groups excluding carboxylic acids is 1. The summed E-state index contributed by atoms with van der Waals surface area (Å²) in [5.74, 6) is -0.508. The van der Waals surface area contributed by atoms with Gasteiger partial charge in [-0.2, -0.15) is 5.48 Å². The molecule has 48 heavy (non-hydrogen) atoms. The van der Waals surface area contributed by atoms with Crippen molar-refractivity contribution in [3.05, 3.63) is 95.0 Å². The molecule has 2 aromatic carbocycles. The molecule has 2 bridgehead atoms. The number of ether oxygens (including phenoxy) is 1. The van der Waals surface area contributed by atoms with Crippen LogP contribution in [0.5, 0.6) is 0 Å². The maximum atomic E-state index is 13.2. The molecule has 2 unspecified atom stereocenters. The van der Waals surface area contributed by atoms with Gasteiger partial charge in [-0.25, -0.2) is 9.64 Å². The fourth-order valence-electron chi connectivity index (χ4n) is 7.34. The van der Waals surface area contributed by atoms with Gasteiger partial charge >= 0.3 is 23.1 Å². The van der Waals surface area contributed by atoms with E-state index in [1.165, 1.54) is 5.06 Å². The lowest BCUT2D eigenvalue weighted by molar-refractivity contribution is -0.217. The predicted molar refractivity (Wildman–Crippen MR) is 187 cm³/mol. The predicted octanol–water partition coefficient (Wildman–Crippen LogP) is 7.41. The van der Waals surface area contributed by atoms with Crippen molar-refractivity contribution >= 4 is 23.1 Å². The molecule has 0 radical (unpaired) electrons. The van der Waals surface area contributed by atoms with Crippen LogP contribution in [0.3, 0.4) is 0 Å². The maximum Gasteiger partial charge on any atom is 0.357 e. The summed E-state index contributed by atoms with van der Waals surface area (Å²) < 4.78 is 29.2. The third-order valence-corrected chi connectivity index (χ3v) is 20.2. The molecule has 2 saturated heterocycles. The van der Waals surface area contributed by atoms with Crippen molar-refractivity contribution < 1.29 is 32.2 Å². The number of benzene rings is 2. The summed E-state index contributed by atoms with van der Waals surface area (Å²) in [6.45, 7) is 26.1. The Labute approximate surface area is 287 Å². The van der Waals surface area contributed by atoms with Crippen LogP contribution >= 0.6 is 0 Å². The van der Waals surface area contributed by atoms with Crippen molar-refractivity contribution in [3.63, 3.8) is 0 Å². The molecule has 2 fully saturated rings. The largest absolute Gasteiger partial charge is 0.414 e. The molecular weight excluding hydrogens is 643 g/mol. The standard InChI is InChI=1S/C36H51N3O7Si2/c1-24(2)47(25(3)4)44-33-30-21-31(37-9)36(38-41-23-28-17-13-11-14-18-28,34(33)45-48(46-47,26(5)6)27(7)8)22-32(42-30)39(10)43-35(40)29-19-15-12-16-20-29/h11-21,24-27,30,32-34,38H,22-23H2,1-8,10H3/t30?,32-,33-,34?,36-/m1/s1. The summed E-state index contributed by atoms with van der Waals surface area (Å²) in [5, 5.41) is 1.43. The Morgan fingerprint density at radius 3 is 2.06 bits per heavy atom. The Morgan fingerprint density at radius 2 is 1.50 bits per heavy atom. The van der Waals surface area contributed by atoms with Crippen LogP contribution in [-0.4, -0.2) is 65.3 Å². The number of fused-ring (bicyclic) bond motifs is 2. The molecule has 260 valence electrons. The first-order valence-electron chi connectivity index (χ1n) is 17.0. The van der Waals surface area contributed by atoms with Crippen LogP contribution in [0, 0.1) is 6.57 Å². The summed E-state index contributed by atoms with van der Waals surface area (Å²) in [6.07, 6.45) is -0.745. The monoisotopic (exact) mass is 693 g/mol. The zero-order valence-corrected chi connectivity index (χ0v) is 31.6. The number of nitrogens with one attached hydrogen (secondary N) is 1. The van der Waals surface area contributed by atoms with Gasteiger partial charge in [0.2, 0.25) is 0 Å². The zero-order chi connectivity index (χ0) is 34.9. The zero-order valence-electron chi connectivity index (χ0n) is 29.6. The van der Waals surface area contributed by atoms with Crippen LogP contribution in [0.4, 0.5) is 0 Å². The highest BCUT2D eigenvalue weighted by molar-refractivity contribution is 6.84. The number of hydrogen-bond acceptors (Lipinski definition) is 9. The summed E-state index contributed by atoms with van der Waals surface area (Å²) >= 11 is 0. The first-order valence-corrected chi connectivity index (χ1v) is 21.0. The molecule has 4 aliphatic rings. The number of hydrogen-bond donors (Lipinski definition) is 1. The van der Waals surface area contributed by atoms with Gasteiger partial charge in [-0.1, -0.05) is 104 Å². The smallest absolute Gasteiger partial charge is 0.357 e. The van der Waals surface area contributed by atoms with Gasteiger partial charge in [0.05, 0.1) is 31.0 Å². The minimum Gasteiger partial charge on any atom is -0.414 e. The fourth-order valence-corrected chi connectivity index (χ4v) is 18.7. The first kappa shape index (κ1) is 36.6. The van der Waals surface area contributed by atoms with Crippen molar-refractivity contribution in [2.24, 2.45) is 0 Å². The lowest BCUT2D eigenvalue weighted by Gasteiger charge is -2.48. The van der Waals surface area contributed by atoms with E-state index in [-0.39, 0.29) is 35.2 Å². The molecule has 0 spiro atoms. The Kier molecular flexibility index (Phi) is 11.2. The molecule has 10 nitrogen and oxygen atoms in total. The van der Waals surface area contributed by atoms with Gasteiger partial charge < -0.3 is 22.5 Å². The van der Waals surface area contributed by atoms with E-state index in [2.05, 4.69) is 65.7 Å². The minimum absolute atomic E-state index is 0.0832. The molecule has 3 aliphatic heterocycles. The molecule has 2 aromatic rings. The quantitative estimate of drug-likeness (QED) is 0.147. The van der Waals surface area contributed by atoms with Crippen LogP contribution in [-0.2, 0) is 34.0 Å². The Hall–Kier alpha value is -2.71. The van der Waals surface area contributed by atoms with Crippen molar-refractivity contribution in [2.45, 2.75) is 121 Å². The maximum absolute atomic E-state index is 13.2. The highest BCUT2D eigenvalue weighted by atomic mass is 28.5. The van der Waals surface area contributed by atoms with Gasteiger partial charge in [0.1, 0.15) is 17.9 Å². The van der Waals surface area contributed by atoms with Gasteiger partial charge in [0, 0.05) is 13.5 Å². The highest BCUT2D eigenvalue weighted by Crippen LogP contribution is 2.53. The highest BCUT2D eigenvalue weighted by Gasteiger charge is 2.68. The van der Waals surface area contributed by atoms with Gasteiger partial charge in [-0.3, -0.25) is 4.84 Å². The van der Waals surface area contributed by atoms with E-state index in [9.17, 15) is 4.79 Å². The number of hydroxylamine groups is 3. The lowest BCUT2D eigenvalue weighted by atomic mass is 9.78. The van der Waals surface area contributed by atoms with Crippen LogP contribution in [0.15, 0.2) is 72.4 Å². The molecule has 12 heteroatoms. The molecule has 3 heterocycles. The fraction of sp³-hybridized carbons (Fsp3) is 0.556. The summed E-state index contributed by atoms with van der Waals surface area (Å²) in [4.78, 5) is 29.4. The second-order valence-corrected chi connectivity index (χ2v) is 23.1. The van der Waals surface area contributed by atoms with Gasteiger partial charge in [0.15, 0.2) is 5.70 Å². The average Bonchev–Trinajstić information content (AvgIpc) is 3.40. The lowest BCUT2D eigenvalue weighted by Crippen LogP contribution is -2.66. The topological polar surface area (TPSA) is 92.1 Å². The van der Waals surface area contributed by atoms with Crippen LogP contribution < -0.4 is 5.48 Å². The third kappa shape index (κ3) is 6.73. The number of nitrogens with zero attached hydrogens (tertiary/aromatic N) is 2. The average molecular weight is 694 g/mol. The second-order valence-electron chi connectivity index (χ2n) is 14.3. The summed E-state index contributed by atoms with van der Waals surface area (Å²) in [5.41, 5.74) is 4.32. The molecule has 0 amide bonds. The van der Waals surface area contributed by atoms with Crippen LogP contribution in [0.1, 0.15) is 77.7 Å². The molecule has 1 N–H and O–H groups in total. The molecule has 0 saturated carbocycles. The third-order valence-electron chi connectivity index (χ3n) is 9.97. The van der Waals surface area contributed by atoms with Gasteiger partial charge in [-0.05, 0) is 45.9 Å². The van der Waals surface area contributed by atoms with E-state index >= 15 is 0 Å². The van der Waals surface area contributed by atoms with Crippen molar-refractivity contribution in [2.75, 3.05) is 7.05 Å². The van der Waals surface area contributed by atoms with Gasteiger partial charge in [-0.15, -0.1) is 5.06 Å². The second kappa shape index (κ2) is 14.6. The van der Waals surface area contributed by atoms with E-state index in [1.54, 1.807) is 31.3 Å². The molecule has 5 atom stereocenters. The molecule has 6 rings (SSSR count). The Bertz CT molecular complexity index is 1470. The van der Waals surface area contributed by atoms with Crippen LogP contribution in [0.2, 0.25) is 22.2 Å². The summed E-state index contributed by atoms with van der Waals surface area (Å²) in [6, 6.07) is 18.7. The van der Waals surface area contributed by atoms with Crippen molar-refractivity contribution in [3.8, 4) is 0 Å². The minimum atomic E-state index is -3.07. The molecule has 0 aromatic heterocycles. The molecular formula is C36H51N3O7Si2. The van der Waals surface area contributed by atoms with E-state index in [4.69, 9.17) is 34.0 Å². The Balaban J connectivity index is 1.63. The van der Waals surface area contributed by atoms with E-state index in [0.29, 0.717) is 11.3 Å². The number of carbonyl (C=O) groups is 1. The molecule has 1 aliphatic carbocycles. The van der Waals surface area contributed by atoms with E-state index in [1.807, 2.05) is 42.5 Å². The van der Waals surface area contributed by atoms with E-state index in [0.717, 1.165) is 5.56 Å². The van der Waals surface area contributed by atoms with Gasteiger partial charge in [0.25, 0.3) is 0 Å². The van der Waals surface area contributed by atoms with E-state index < -0.39 is 53.2 Å². The number of rotatable bonds is 11. The first-order chi connectivity index (χ1) is 22.8. The normalized spacial score (nSPS) is 27.8. The van der Waals surface area contributed by atoms with Crippen LogP contribution in [0.25, 0.3) is 4.85 Å². The SMILES string of the molecule is [C-]#[N+]C1=CC2O[C@@H](N(C)OC(=O)c3ccccc3)C[C@]1(NOCc1ccccc1)C1O[Si](C(C)C)(C(C)C)O[Si](C(C)C)(C(C)C)O[C@H]21.